The molecule has 1 aliphatic rings. The van der Waals surface area contributed by atoms with Crippen LogP contribution in [0.5, 0.6) is 0 Å². The van der Waals surface area contributed by atoms with Gasteiger partial charge in [0.2, 0.25) is 0 Å². The van der Waals surface area contributed by atoms with Crippen LogP contribution in [0.1, 0.15) is 27.7 Å². The molecule has 1 atom stereocenters. The van der Waals surface area contributed by atoms with E-state index in [-0.39, 0.29) is 17.6 Å². The zero-order valence-electron chi connectivity index (χ0n) is 15.7. The first-order chi connectivity index (χ1) is 14.4. The van der Waals surface area contributed by atoms with Gasteiger partial charge in [0.15, 0.2) is 0 Å². The molecular weight excluding hydrogens is 399 g/mol. The second kappa shape index (κ2) is 8.25. The van der Waals surface area contributed by atoms with Gasteiger partial charge in [-0.2, -0.15) is 18.3 Å². The highest BCUT2D eigenvalue weighted by Gasteiger charge is 2.32. The molecule has 7 nitrogen and oxygen atoms in total. The number of pyridine rings is 1. The van der Waals surface area contributed by atoms with E-state index >= 15 is 0 Å². The van der Waals surface area contributed by atoms with Gasteiger partial charge in [-0.05, 0) is 29.8 Å². The van der Waals surface area contributed by atoms with Crippen molar-refractivity contribution in [2.75, 3.05) is 25.0 Å². The third-order valence-corrected chi connectivity index (χ3v) is 4.62. The number of halogens is 3. The van der Waals surface area contributed by atoms with Crippen LogP contribution in [0.4, 0.5) is 18.9 Å². The number of benzene rings is 1. The van der Waals surface area contributed by atoms with Crippen LogP contribution in [0, 0.1) is 0 Å². The molecule has 0 radical (unpaired) electrons. The number of nitrogens with zero attached hydrogens (tertiary/aromatic N) is 3. The van der Waals surface area contributed by atoms with E-state index in [1.807, 2.05) is 12.1 Å². The molecule has 1 unspecified atom stereocenters. The lowest BCUT2D eigenvalue weighted by atomic mass is 10.1. The van der Waals surface area contributed by atoms with Crippen LogP contribution in [0.15, 0.2) is 55.0 Å². The minimum atomic E-state index is -4.51. The zero-order chi connectivity index (χ0) is 21.1. The van der Waals surface area contributed by atoms with Gasteiger partial charge < -0.3 is 15.4 Å². The van der Waals surface area contributed by atoms with Gasteiger partial charge in [-0.25, -0.2) is 9.67 Å². The Bertz CT molecular complexity index is 1010. The number of rotatable bonds is 4. The molecule has 30 heavy (non-hydrogen) atoms. The number of carbonyl (C=O) groups excluding carboxylic acids is 1. The van der Waals surface area contributed by atoms with E-state index < -0.39 is 11.9 Å². The Hall–Kier alpha value is -3.24. The Morgan fingerprint density at radius 1 is 1.17 bits per heavy atom. The lowest BCUT2D eigenvalue weighted by molar-refractivity contribution is -0.141. The minimum absolute atomic E-state index is 0.0147. The average Bonchev–Trinajstić information content (AvgIpc) is 3.25. The molecule has 10 heteroatoms. The van der Waals surface area contributed by atoms with Gasteiger partial charge in [-0.3, -0.25) is 4.79 Å². The van der Waals surface area contributed by atoms with Crippen molar-refractivity contribution >= 4 is 11.6 Å². The number of carbonyl (C=O) groups is 1. The Morgan fingerprint density at radius 2 is 1.97 bits per heavy atom. The molecule has 0 saturated carbocycles. The van der Waals surface area contributed by atoms with Crippen LogP contribution in [0.3, 0.4) is 0 Å². The number of ether oxygens (including phenoxy) is 1. The predicted octanol–water partition coefficient (Wildman–Crippen LogP) is 3.20. The van der Waals surface area contributed by atoms with Crippen molar-refractivity contribution < 1.29 is 22.7 Å². The Morgan fingerprint density at radius 3 is 2.60 bits per heavy atom. The van der Waals surface area contributed by atoms with Crippen molar-refractivity contribution in [1.29, 1.82) is 0 Å². The number of alkyl halides is 3. The summed E-state index contributed by atoms with van der Waals surface area (Å²) in [5.74, 6) is -0.385. The number of aromatic nitrogens is 3. The van der Waals surface area contributed by atoms with Gasteiger partial charge in [0.05, 0.1) is 36.4 Å². The smallest absolute Gasteiger partial charge is 0.371 e. The second-order valence-electron chi connectivity index (χ2n) is 6.71. The van der Waals surface area contributed by atoms with E-state index in [1.165, 1.54) is 23.1 Å². The van der Waals surface area contributed by atoms with Crippen LogP contribution in [-0.4, -0.2) is 40.4 Å². The normalized spacial score (nSPS) is 17.0. The number of amides is 1. The molecule has 3 heterocycles. The maximum absolute atomic E-state index is 12.6. The standard InChI is InChI=1S/C20H18F3N5O2/c21-20(22,23)18-6-5-16(10-25-18)28-12-14(9-26-28)19(29)27-15-3-1-13(2-4-15)17-11-24-7-8-30-17/h1-6,9-10,12,17,24H,7-8,11H2,(H,27,29). The SMILES string of the molecule is O=C(Nc1ccc(C2CNCCO2)cc1)c1cnn(-c2ccc(C(F)(F)F)nc2)c1. The molecule has 0 spiro atoms. The summed E-state index contributed by atoms with van der Waals surface area (Å²) >= 11 is 0. The molecule has 2 aromatic heterocycles. The highest BCUT2D eigenvalue weighted by molar-refractivity contribution is 6.04. The number of nitrogens with one attached hydrogen (secondary N) is 2. The molecule has 1 saturated heterocycles. The van der Waals surface area contributed by atoms with Crippen LogP contribution in [0.25, 0.3) is 5.69 Å². The molecule has 4 rings (SSSR count). The summed E-state index contributed by atoms with van der Waals surface area (Å²) in [6.45, 7) is 2.23. The van der Waals surface area contributed by atoms with Crippen molar-refractivity contribution in [2.24, 2.45) is 0 Å². The third-order valence-electron chi connectivity index (χ3n) is 4.62. The van der Waals surface area contributed by atoms with E-state index in [1.54, 1.807) is 12.1 Å². The minimum Gasteiger partial charge on any atom is -0.371 e. The van der Waals surface area contributed by atoms with Crippen LogP contribution >= 0.6 is 0 Å². The van der Waals surface area contributed by atoms with Crippen molar-refractivity contribution in [3.05, 3.63) is 71.8 Å². The van der Waals surface area contributed by atoms with Gasteiger partial charge in [0.25, 0.3) is 5.91 Å². The first kappa shape index (κ1) is 20.0. The fourth-order valence-electron chi connectivity index (χ4n) is 3.03. The van der Waals surface area contributed by atoms with E-state index in [2.05, 4.69) is 20.7 Å². The first-order valence-electron chi connectivity index (χ1n) is 9.22. The molecule has 1 fully saturated rings. The predicted molar refractivity (Wildman–Crippen MR) is 102 cm³/mol. The van der Waals surface area contributed by atoms with Gasteiger partial charge in [-0.15, -0.1) is 0 Å². The lowest BCUT2D eigenvalue weighted by Crippen LogP contribution is -2.33. The Balaban J connectivity index is 1.41. The number of morpholine rings is 1. The number of anilines is 1. The fourth-order valence-corrected chi connectivity index (χ4v) is 3.03. The molecular formula is C20H18F3N5O2. The Labute approximate surface area is 169 Å². The van der Waals surface area contributed by atoms with Gasteiger partial charge >= 0.3 is 6.18 Å². The van der Waals surface area contributed by atoms with E-state index in [4.69, 9.17) is 4.74 Å². The largest absolute Gasteiger partial charge is 0.433 e. The van der Waals surface area contributed by atoms with E-state index in [9.17, 15) is 18.0 Å². The second-order valence-corrected chi connectivity index (χ2v) is 6.71. The molecule has 2 N–H and O–H groups in total. The fraction of sp³-hybridized carbons (Fsp3) is 0.250. The van der Waals surface area contributed by atoms with Crippen molar-refractivity contribution in [1.82, 2.24) is 20.1 Å². The lowest BCUT2D eigenvalue weighted by Gasteiger charge is -2.24. The van der Waals surface area contributed by atoms with E-state index in [0.717, 1.165) is 30.9 Å². The summed E-state index contributed by atoms with van der Waals surface area (Å²) in [7, 11) is 0. The molecule has 1 aromatic carbocycles. The summed E-state index contributed by atoms with van der Waals surface area (Å²) in [4.78, 5) is 15.9. The number of hydrogen-bond donors (Lipinski definition) is 2. The van der Waals surface area contributed by atoms with E-state index in [0.29, 0.717) is 18.0 Å². The summed E-state index contributed by atoms with van der Waals surface area (Å²) in [5, 5.41) is 10.1. The van der Waals surface area contributed by atoms with Crippen LogP contribution in [-0.2, 0) is 10.9 Å². The summed E-state index contributed by atoms with van der Waals surface area (Å²) in [5.41, 5.74) is 1.21. The monoisotopic (exact) mass is 417 g/mol. The topological polar surface area (TPSA) is 81.1 Å². The molecule has 1 amide bonds. The average molecular weight is 417 g/mol. The van der Waals surface area contributed by atoms with Crippen LogP contribution < -0.4 is 10.6 Å². The summed E-state index contributed by atoms with van der Waals surface area (Å²) in [6.07, 6.45) is -0.709. The van der Waals surface area contributed by atoms with Crippen LogP contribution in [0.2, 0.25) is 0 Å². The molecule has 1 aliphatic heterocycles. The maximum Gasteiger partial charge on any atom is 0.433 e. The molecule has 0 aliphatic carbocycles. The first-order valence-corrected chi connectivity index (χ1v) is 9.22. The third kappa shape index (κ3) is 4.50. The quantitative estimate of drug-likeness (QED) is 0.682. The van der Waals surface area contributed by atoms with Gasteiger partial charge in [-0.1, -0.05) is 12.1 Å². The highest BCUT2D eigenvalue weighted by Crippen LogP contribution is 2.27. The zero-order valence-corrected chi connectivity index (χ0v) is 15.7. The van der Waals surface area contributed by atoms with Crippen molar-refractivity contribution in [3.63, 3.8) is 0 Å². The summed E-state index contributed by atoms with van der Waals surface area (Å²) < 4.78 is 44.9. The maximum atomic E-state index is 12.6. The van der Waals surface area contributed by atoms with Crippen molar-refractivity contribution in [3.8, 4) is 5.69 Å². The molecule has 0 bridgehead atoms. The molecule has 156 valence electrons. The number of hydrogen-bond acceptors (Lipinski definition) is 5. The summed E-state index contributed by atoms with van der Waals surface area (Å²) in [6, 6.07) is 9.47. The van der Waals surface area contributed by atoms with Gasteiger partial charge in [0.1, 0.15) is 5.69 Å². The van der Waals surface area contributed by atoms with Gasteiger partial charge in [0, 0.05) is 25.0 Å². The highest BCUT2D eigenvalue weighted by atomic mass is 19.4. The Kier molecular flexibility index (Phi) is 5.51. The van der Waals surface area contributed by atoms with Crippen molar-refractivity contribution in [2.45, 2.75) is 12.3 Å². The molecule has 3 aromatic rings.